The number of rotatable bonds is 7. The van der Waals surface area contributed by atoms with E-state index in [0.717, 1.165) is 16.8 Å². The van der Waals surface area contributed by atoms with Crippen LogP contribution < -0.4 is 14.8 Å². The molecule has 0 saturated carbocycles. The second kappa shape index (κ2) is 8.99. The Hall–Kier alpha value is -3.02. The van der Waals surface area contributed by atoms with Crippen LogP contribution in [0.3, 0.4) is 0 Å². The van der Waals surface area contributed by atoms with Gasteiger partial charge in [-0.25, -0.2) is 0 Å². The number of hydrogen-bond acceptors (Lipinski definition) is 4. The van der Waals surface area contributed by atoms with Gasteiger partial charge in [0.05, 0.1) is 20.1 Å². The van der Waals surface area contributed by atoms with Crippen molar-refractivity contribution < 1.29 is 19.1 Å². The maximum atomic E-state index is 12.6. The van der Waals surface area contributed by atoms with E-state index in [4.69, 9.17) is 9.47 Å². The lowest BCUT2D eigenvalue weighted by molar-refractivity contribution is -0.128. The molecule has 0 aliphatic carbocycles. The van der Waals surface area contributed by atoms with E-state index in [-0.39, 0.29) is 24.2 Å². The van der Waals surface area contributed by atoms with Gasteiger partial charge in [0, 0.05) is 25.2 Å². The number of benzene rings is 2. The van der Waals surface area contributed by atoms with Crippen LogP contribution in [0, 0.1) is 19.8 Å². The van der Waals surface area contributed by atoms with Gasteiger partial charge in [-0.05, 0) is 61.2 Å². The zero-order valence-electron chi connectivity index (χ0n) is 17.5. The van der Waals surface area contributed by atoms with E-state index in [1.54, 1.807) is 19.1 Å². The number of carbonyl (C=O) groups is 2. The lowest BCUT2D eigenvalue weighted by Crippen LogP contribution is -2.30. The monoisotopic (exact) mass is 396 g/mol. The summed E-state index contributed by atoms with van der Waals surface area (Å²) in [5, 5.41) is 2.95. The van der Waals surface area contributed by atoms with Crippen molar-refractivity contribution in [2.75, 3.05) is 32.6 Å². The highest BCUT2D eigenvalue weighted by molar-refractivity contribution is 5.97. The van der Waals surface area contributed by atoms with Gasteiger partial charge in [0.2, 0.25) is 11.8 Å². The Labute approximate surface area is 171 Å². The third-order valence-corrected chi connectivity index (χ3v) is 5.48. The molecule has 1 aliphatic heterocycles. The van der Waals surface area contributed by atoms with Gasteiger partial charge >= 0.3 is 0 Å². The molecule has 1 unspecified atom stereocenters. The predicted octanol–water partition coefficient (Wildman–Crippen LogP) is 3.35. The summed E-state index contributed by atoms with van der Waals surface area (Å²) in [5.74, 6) is 0.940. The molecule has 1 saturated heterocycles. The van der Waals surface area contributed by atoms with Crippen molar-refractivity contribution in [2.45, 2.75) is 26.7 Å². The fourth-order valence-corrected chi connectivity index (χ4v) is 3.53. The van der Waals surface area contributed by atoms with E-state index in [9.17, 15) is 9.59 Å². The first-order chi connectivity index (χ1) is 13.9. The topological polar surface area (TPSA) is 67.9 Å². The van der Waals surface area contributed by atoms with Gasteiger partial charge in [0.25, 0.3) is 0 Å². The molecule has 1 fully saturated rings. The number of nitrogens with one attached hydrogen (secondary N) is 1. The first-order valence-corrected chi connectivity index (χ1v) is 9.78. The highest BCUT2D eigenvalue weighted by Gasteiger charge is 2.34. The molecule has 1 atom stereocenters. The number of likely N-dealkylation sites (tertiary alicyclic amines) is 1. The average molecular weight is 396 g/mol. The van der Waals surface area contributed by atoms with E-state index in [0.29, 0.717) is 31.0 Å². The Bertz CT molecular complexity index is 910. The molecule has 0 spiro atoms. The minimum Gasteiger partial charge on any atom is -0.493 e. The molecule has 6 heteroatoms. The summed E-state index contributed by atoms with van der Waals surface area (Å²) in [6, 6.07) is 11.6. The SMILES string of the molecule is COc1ccc(CCN2CC(C(=O)Nc3ccc(C)c(C)c3)CC2=O)cc1OC. The second-order valence-corrected chi connectivity index (χ2v) is 7.47. The minimum atomic E-state index is -0.325. The van der Waals surface area contributed by atoms with Gasteiger partial charge in [-0.3, -0.25) is 9.59 Å². The Morgan fingerprint density at radius 1 is 1.07 bits per heavy atom. The molecule has 1 heterocycles. The van der Waals surface area contributed by atoms with Gasteiger partial charge < -0.3 is 19.7 Å². The number of ether oxygens (including phenoxy) is 2. The van der Waals surface area contributed by atoms with Crippen LogP contribution in [0.5, 0.6) is 11.5 Å². The number of nitrogens with zero attached hydrogens (tertiary/aromatic N) is 1. The summed E-state index contributed by atoms with van der Waals surface area (Å²) in [5.41, 5.74) is 4.13. The lowest BCUT2D eigenvalue weighted by atomic mass is 10.1. The molecule has 1 N–H and O–H groups in total. The first kappa shape index (κ1) is 20.7. The van der Waals surface area contributed by atoms with Crippen molar-refractivity contribution in [3.63, 3.8) is 0 Å². The Balaban J connectivity index is 1.57. The zero-order chi connectivity index (χ0) is 21.0. The van der Waals surface area contributed by atoms with Crippen molar-refractivity contribution in [1.29, 1.82) is 0 Å². The van der Waals surface area contributed by atoms with Crippen molar-refractivity contribution in [3.8, 4) is 11.5 Å². The van der Waals surface area contributed by atoms with Gasteiger partial charge in [-0.15, -0.1) is 0 Å². The minimum absolute atomic E-state index is 0.0192. The van der Waals surface area contributed by atoms with E-state index >= 15 is 0 Å². The normalized spacial score (nSPS) is 16.1. The van der Waals surface area contributed by atoms with E-state index in [1.165, 1.54) is 5.56 Å². The largest absolute Gasteiger partial charge is 0.493 e. The maximum Gasteiger partial charge on any atom is 0.229 e. The van der Waals surface area contributed by atoms with Gasteiger partial charge in [-0.2, -0.15) is 0 Å². The van der Waals surface area contributed by atoms with Crippen LogP contribution in [0.2, 0.25) is 0 Å². The summed E-state index contributed by atoms with van der Waals surface area (Å²) in [4.78, 5) is 26.8. The molecule has 154 valence electrons. The van der Waals surface area contributed by atoms with E-state index in [2.05, 4.69) is 5.32 Å². The van der Waals surface area contributed by atoms with E-state index < -0.39 is 0 Å². The van der Waals surface area contributed by atoms with Crippen molar-refractivity contribution in [1.82, 2.24) is 4.90 Å². The van der Waals surface area contributed by atoms with Gasteiger partial charge in [0.1, 0.15) is 0 Å². The van der Waals surface area contributed by atoms with Crippen LogP contribution in [-0.4, -0.2) is 44.0 Å². The Morgan fingerprint density at radius 2 is 1.83 bits per heavy atom. The van der Waals surface area contributed by atoms with Crippen LogP contribution in [0.25, 0.3) is 0 Å². The van der Waals surface area contributed by atoms with E-state index in [1.807, 2.05) is 50.2 Å². The number of carbonyl (C=O) groups excluding carboxylic acids is 2. The molecule has 0 radical (unpaired) electrons. The summed E-state index contributed by atoms with van der Waals surface area (Å²) < 4.78 is 10.6. The Morgan fingerprint density at radius 3 is 2.52 bits per heavy atom. The standard InChI is InChI=1S/C23H28N2O4/c1-15-5-7-19(11-16(15)2)24-23(27)18-13-22(26)25(14-18)10-9-17-6-8-20(28-3)21(12-17)29-4/h5-8,11-12,18H,9-10,13-14H2,1-4H3,(H,24,27). The number of methoxy groups -OCH3 is 2. The summed E-state index contributed by atoms with van der Waals surface area (Å²) >= 11 is 0. The Kier molecular flexibility index (Phi) is 6.42. The maximum absolute atomic E-state index is 12.6. The van der Waals surface area contributed by atoms with Crippen LogP contribution >= 0.6 is 0 Å². The summed E-state index contributed by atoms with van der Waals surface area (Å²) in [6.45, 7) is 5.07. The number of aryl methyl sites for hydroxylation is 2. The van der Waals surface area contributed by atoms with Gasteiger partial charge in [-0.1, -0.05) is 12.1 Å². The molecule has 0 aromatic heterocycles. The second-order valence-electron chi connectivity index (χ2n) is 7.47. The molecule has 29 heavy (non-hydrogen) atoms. The quantitative estimate of drug-likeness (QED) is 0.779. The predicted molar refractivity (Wildman–Crippen MR) is 112 cm³/mol. The molecule has 2 amide bonds. The fraction of sp³-hybridized carbons (Fsp3) is 0.391. The third kappa shape index (κ3) is 4.88. The van der Waals surface area contributed by atoms with Crippen LogP contribution in [0.4, 0.5) is 5.69 Å². The summed E-state index contributed by atoms with van der Waals surface area (Å²) in [7, 11) is 3.20. The molecule has 1 aliphatic rings. The molecule has 2 aromatic carbocycles. The molecular weight excluding hydrogens is 368 g/mol. The molecule has 3 rings (SSSR count). The van der Waals surface area contributed by atoms with Crippen LogP contribution in [0.15, 0.2) is 36.4 Å². The lowest BCUT2D eigenvalue weighted by Gasteiger charge is -2.17. The van der Waals surface area contributed by atoms with Crippen LogP contribution in [0.1, 0.15) is 23.1 Å². The van der Waals surface area contributed by atoms with Crippen molar-refractivity contribution in [2.24, 2.45) is 5.92 Å². The first-order valence-electron chi connectivity index (χ1n) is 9.78. The number of anilines is 1. The smallest absolute Gasteiger partial charge is 0.229 e. The molecular formula is C23H28N2O4. The fourth-order valence-electron chi connectivity index (χ4n) is 3.53. The average Bonchev–Trinajstić information content (AvgIpc) is 3.09. The number of amides is 2. The van der Waals surface area contributed by atoms with Crippen LogP contribution in [-0.2, 0) is 16.0 Å². The highest BCUT2D eigenvalue weighted by atomic mass is 16.5. The molecule has 0 bridgehead atoms. The van der Waals surface area contributed by atoms with Gasteiger partial charge in [0.15, 0.2) is 11.5 Å². The third-order valence-electron chi connectivity index (χ3n) is 5.48. The molecule has 2 aromatic rings. The van der Waals surface area contributed by atoms with Crippen molar-refractivity contribution in [3.05, 3.63) is 53.1 Å². The summed E-state index contributed by atoms with van der Waals surface area (Å²) in [6.07, 6.45) is 0.945. The zero-order valence-corrected chi connectivity index (χ0v) is 17.5. The highest BCUT2D eigenvalue weighted by Crippen LogP contribution is 2.28. The molecule has 6 nitrogen and oxygen atoms in total. The van der Waals surface area contributed by atoms with Crippen molar-refractivity contribution >= 4 is 17.5 Å². The number of hydrogen-bond donors (Lipinski definition) is 1.